The van der Waals surface area contributed by atoms with Gasteiger partial charge in [-0.25, -0.2) is 4.79 Å². The highest BCUT2D eigenvalue weighted by Crippen LogP contribution is 2.41. The molecule has 3 rings (SSSR count). The molecule has 5 atom stereocenters. The Morgan fingerprint density at radius 1 is 0.976 bits per heavy atom. The Labute approximate surface area is 254 Å². The first-order valence-corrected chi connectivity index (χ1v) is 15.6. The van der Waals surface area contributed by atoms with Gasteiger partial charge in [-0.3, -0.25) is 4.79 Å². The Kier molecular flexibility index (Phi) is 11.9. The van der Waals surface area contributed by atoms with E-state index in [2.05, 4.69) is 78.8 Å². The molecule has 4 heteroatoms. The molecule has 1 fully saturated rings. The molecular formula is C38H52O4. The molecule has 0 amide bonds. The normalized spacial score (nSPS) is 27.1. The van der Waals surface area contributed by atoms with Crippen LogP contribution in [0.1, 0.15) is 85.8 Å². The molecule has 0 radical (unpaired) electrons. The Morgan fingerprint density at radius 2 is 1.64 bits per heavy atom. The molecule has 0 saturated carbocycles. The quantitative estimate of drug-likeness (QED) is 0.160. The lowest BCUT2D eigenvalue weighted by Gasteiger charge is -2.42. The summed E-state index contributed by atoms with van der Waals surface area (Å²) >= 11 is 0. The van der Waals surface area contributed by atoms with Crippen molar-refractivity contribution in [3.8, 4) is 0 Å². The van der Waals surface area contributed by atoms with Gasteiger partial charge in [-0.1, -0.05) is 100 Å². The number of benzene rings is 1. The van der Waals surface area contributed by atoms with Crippen LogP contribution in [0.15, 0.2) is 83.0 Å². The average molecular weight is 573 g/mol. The maximum Gasteiger partial charge on any atom is 0.335 e. The summed E-state index contributed by atoms with van der Waals surface area (Å²) in [5.41, 5.74) is 7.45. The zero-order valence-electron chi connectivity index (χ0n) is 27.3. The second-order valence-corrected chi connectivity index (χ2v) is 13.3. The van der Waals surface area contributed by atoms with Gasteiger partial charge in [0.1, 0.15) is 0 Å². The predicted octanol–water partition coefficient (Wildman–Crippen LogP) is 8.72. The lowest BCUT2D eigenvalue weighted by atomic mass is 9.72. The first-order valence-electron chi connectivity index (χ1n) is 15.6. The summed E-state index contributed by atoms with van der Waals surface area (Å²) in [5.74, 6) is 0.569. The summed E-state index contributed by atoms with van der Waals surface area (Å²) in [7, 11) is 1.41. The number of carbonyl (C=O) groups is 2. The van der Waals surface area contributed by atoms with E-state index in [4.69, 9.17) is 9.47 Å². The van der Waals surface area contributed by atoms with Crippen molar-refractivity contribution >= 4 is 11.8 Å². The highest BCUT2D eigenvalue weighted by molar-refractivity contribution is 5.92. The summed E-state index contributed by atoms with van der Waals surface area (Å²) in [4.78, 5) is 25.0. The molecule has 228 valence electrons. The Hall–Kier alpha value is -2.98. The molecule has 42 heavy (non-hydrogen) atoms. The molecule has 0 spiro atoms. The molecule has 0 N–H and O–H groups in total. The molecule has 0 aromatic heterocycles. The maximum absolute atomic E-state index is 12.7. The SMILES string of the molecule is COC(=O)C1O[C@@H](Cc2ccc(CC(=O)/C=C(C)/C=C/C=C(C)/C=C/C3=C(C)CCCC3(C)C)cc2)C(C)[C@@H](C)[C@H]1C. The number of allylic oxidation sites excluding steroid dienone is 10. The van der Waals surface area contributed by atoms with E-state index >= 15 is 0 Å². The van der Waals surface area contributed by atoms with Crippen molar-refractivity contribution in [1.82, 2.24) is 0 Å². The fraction of sp³-hybridized carbons (Fsp3) is 0.526. The van der Waals surface area contributed by atoms with Gasteiger partial charge in [0, 0.05) is 6.42 Å². The largest absolute Gasteiger partial charge is 0.467 e. The lowest BCUT2D eigenvalue weighted by molar-refractivity contribution is -0.181. The molecule has 1 heterocycles. The zero-order chi connectivity index (χ0) is 31.0. The summed E-state index contributed by atoms with van der Waals surface area (Å²) in [6.45, 7) is 17.4. The van der Waals surface area contributed by atoms with Crippen LogP contribution in [-0.4, -0.2) is 31.1 Å². The van der Waals surface area contributed by atoms with Crippen LogP contribution < -0.4 is 0 Å². The number of hydrogen-bond donors (Lipinski definition) is 0. The van der Waals surface area contributed by atoms with Gasteiger partial charge in [-0.15, -0.1) is 0 Å². The second kappa shape index (κ2) is 15.0. The molecular weight excluding hydrogens is 520 g/mol. The monoisotopic (exact) mass is 572 g/mol. The van der Waals surface area contributed by atoms with Gasteiger partial charge in [0.2, 0.25) is 0 Å². The van der Waals surface area contributed by atoms with Crippen molar-refractivity contribution in [2.75, 3.05) is 7.11 Å². The van der Waals surface area contributed by atoms with Crippen LogP contribution >= 0.6 is 0 Å². The highest BCUT2D eigenvalue weighted by Gasteiger charge is 2.42. The molecule has 1 aromatic rings. The summed E-state index contributed by atoms with van der Waals surface area (Å²) < 4.78 is 11.2. The third kappa shape index (κ3) is 9.01. The van der Waals surface area contributed by atoms with E-state index in [1.165, 1.54) is 43.1 Å². The topological polar surface area (TPSA) is 52.6 Å². The first-order chi connectivity index (χ1) is 19.8. The van der Waals surface area contributed by atoms with E-state index in [9.17, 15) is 9.59 Å². The van der Waals surface area contributed by atoms with Gasteiger partial charge in [-0.2, -0.15) is 0 Å². The smallest absolute Gasteiger partial charge is 0.335 e. The van der Waals surface area contributed by atoms with Gasteiger partial charge in [0.15, 0.2) is 11.9 Å². The maximum atomic E-state index is 12.7. The number of rotatable bonds is 10. The average Bonchev–Trinajstić information content (AvgIpc) is 2.93. The Morgan fingerprint density at radius 3 is 2.29 bits per heavy atom. The Bertz CT molecular complexity index is 1250. The number of esters is 1. The molecule has 2 unspecified atom stereocenters. The minimum atomic E-state index is -0.529. The van der Waals surface area contributed by atoms with Gasteiger partial charge in [0.05, 0.1) is 13.2 Å². The van der Waals surface area contributed by atoms with Crippen LogP contribution in [0.4, 0.5) is 0 Å². The molecule has 4 nitrogen and oxygen atoms in total. The van der Waals surface area contributed by atoms with E-state index in [1.807, 2.05) is 31.2 Å². The fourth-order valence-corrected chi connectivity index (χ4v) is 6.36. The van der Waals surface area contributed by atoms with Crippen LogP contribution in [0.25, 0.3) is 0 Å². The number of methoxy groups -OCH3 is 1. The van der Waals surface area contributed by atoms with Crippen molar-refractivity contribution in [1.29, 1.82) is 0 Å². The van der Waals surface area contributed by atoms with E-state index < -0.39 is 6.10 Å². The molecule has 1 aliphatic heterocycles. The molecule has 1 saturated heterocycles. The van der Waals surface area contributed by atoms with Crippen LogP contribution in [-0.2, 0) is 31.9 Å². The van der Waals surface area contributed by atoms with Gasteiger partial charge >= 0.3 is 5.97 Å². The standard InChI is InChI=1S/C38H52O4/c1-25(15-20-34-27(3)14-11-21-38(34,7)8)12-10-13-26(2)22-33(39)23-31-16-18-32(19-17-31)24-35-29(5)28(4)30(6)36(42-35)37(40)41-9/h10,12-13,15-20,22,28-30,35-36H,11,14,21,23-24H2,1-9H3/b13-10+,20-15+,25-12+,26-22+/t28-,29?,30-,35+,36?/m1/s1. The molecule has 2 aliphatic rings. The van der Waals surface area contributed by atoms with Crippen molar-refractivity contribution in [2.45, 2.75) is 99.7 Å². The van der Waals surface area contributed by atoms with Gasteiger partial charge in [0.25, 0.3) is 0 Å². The lowest BCUT2D eigenvalue weighted by Crippen LogP contribution is -2.49. The second-order valence-electron chi connectivity index (χ2n) is 13.3. The number of ether oxygens (including phenoxy) is 2. The van der Waals surface area contributed by atoms with Crippen LogP contribution in [0.5, 0.6) is 0 Å². The number of hydrogen-bond acceptors (Lipinski definition) is 4. The van der Waals surface area contributed by atoms with E-state index in [-0.39, 0.29) is 29.2 Å². The van der Waals surface area contributed by atoms with E-state index in [0.717, 1.165) is 23.1 Å². The van der Waals surface area contributed by atoms with E-state index in [1.54, 1.807) is 6.08 Å². The third-order valence-corrected chi connectivity index (χ3v) is 9.48. The van der Waals surface area contributed by atoms with Gasteiger partial charge < -0.3 is 9.47 Å². The van der Waals surface area contributed by atoms with E-state index in [0.29, 0.717) is 18.3 Å². The van der Waals surface area contributed by atoms with Crippen LogP contribution in [0.2, 0.25) is 0 Å². The van der Waals surface area contributed by atoms with Gasteiger partial charge in [-0.05, 0) is 98.0 Å². The zero-order valence-corrected chi connectivity index (χ0v) is 27.3. The number of ketones is 1. The molecule has 0 bridgehead atoms. The summed E-state index contributed by atoms with van der Waals surface area (Å²) in [5, 5.41) is 0. The first kappa shape index (κ1) is 33.5. The van der Waals surface area contributed by atoms with Crippen LogP contribution in [0.3, 0.4) is 0 Å². The third-order valence-electron chi connectivity index (χ3n) is 9.48. The van der Waals surface area contributed by atoms with Crippen molar-refractivity contribution in [2.24, 2.45) is 23.2 Å². The Balaban J connectivity index is 1.54. The minimum Gasteiger partial charge on any atom is -0.467 e. The summed E-state index contributed by atoms with van der Waals surface area (Å²) in [6.07, 6.45) is 16.5. The molecule has 1 aliphatic carbocycles. The molecule has 1 aromatic carbocycles. The van der Waals surface area contributed by atoms with Crippen molar-refractivity contribution in [3.63, 3.8) is 0 Å². The van der Waals surface area contributed by atoms with Crippen LogP contribution in [0, 0.1) is 23.2 Å². The summed E-state index contributed by atoms with van der Waals surface area (Å²) in [6, 6.07) is 8.18. The van der Waals surface area contributed by atoms with Crippen molar-refractivity contribution in [3.05, 3.63) is 94.1 Å². The number of carbonyl (C=O) groups excluding carboxylic acids is 2. The minimum absolute atomic E-state index is 0.0568. The van der Waals surface area contributed by atoms with Crippen molar-refractivity contribution < 1.29 is 19.1 Å². The fourth-order valence-electron chi connectivity index (χ4n) is 6.36. The highest BCUT2D eigenvalue weighted by atomic mass is 16.6. The predicted molar refractivity (Wildman–Crippen MR) is 173 cm³/mol.